The molecule has 88 valence electrons. The summed E-state index contributed by atoms with van der Waals surface area (Å²) < 4.78 is 5.51. The zero-order valence-corrected chi connectivity index (χ0v) is 10.5. The van der Waals surface area contributed by atoms with Crippen LogP contribution in [0, 0.1) is 12.8 Å². The summed E-state index contributed by atoms with van der Waals surface area (Å²) in [5.41, 5.74) is 1.84. The van der Waals surface area contributed by atoms with Crippen LogP contribution in [0.25, 0.3) is 0 Å². The molecular formula is C14H20O2. The van der Waals surface area contributed by atoms with Gasteiger partial charge in [-0.2, -0.15) is 0 Å². The molecular weight excluding hydrogens is 200 g/mol. The van der Waals surface area contributed by atoms with Gasteiger partial charge in [-0.3, -0.25) is 4.79 Å². The zero-order chi connectivity index (χ0) is 12.1. The Labute approximate surface area is 97.6 Å². The summed E-state index contributed by atoms with van der Waals surface area (Å²) in [6, 6.07) is 7.66. The van der Waals surface area contributed by atoms with Crippen LogP contribution in [-0.2, 0) is 4.74 Å². The van der Waals surface area contributed by atoms with Crippen molar-refractivity contribution in [3.8, 4) is 0 Å². The first-order valence-electron chi connectivity index (χ1n) is 5.78. The number of rotatable bonds is 5. The second kappa shape index (κ2) is 5.80. The van der Waals surface area contributed by atoms with Crippen LogP contribution in [0.4, 0.5) is 0 Å². The lowest BCUT2D eigenvalue weighted by Crippen LogP contribution is -2.29. The Kier molecular flexibility index (Phi) is 4.69. The van der Waals surface area contributed by atoms with Crippen LogP contribution in [0.3, 0.4) is 0 Å². The Balaban J connectivity index is 2.90. The second-order valence-electron chi connectivity index (χ2n) is 4.35. The lowest BCUT2D eigenvalue weighted by atomic mass is 9.96. The minimum absolute atomic E-state index is 0.0838. The van der Waals surface area contributed by atoms with Gasteiger partial charge in [0.1, 0.15) is 6.10 Å². The Hall–Kier alpha value is -1.15. The Morgan fingerprint density at radius 2 is 2.06 bits per heavy atom. The SMILES string of the molecule is CCOC(C(=O)c1cccc(C)c1)C(C)C. The van der Waals surface area contributed by atoms with Crippen molar-refractivity contribution in [3.63, 3.8) is 0 Å². The predicted molar refractivity (Wildman–Crippen MR) is 65.8 cm³/mol. The molecule has 0 saturated heterocycles. The van der Waals surface area contributed by atoms with Crippen molar-refractivity contribution in [2.45, 2.75) is 33.8 Å². The molecule has 0 fully saturated rings. The summed E-state index contributed by atoms with van der Waals surface area (Å²) in [5, 5.41) is 0. The second-order valence-corrected chi connectivity index (χ2v) is 4.35. The first kappa shape index (κ1) is 12.9. The molecule has 0 spiro atoms. The van der Waals surface area contributed by atoms with Gasteiger partial charge in [0.2, 0.25) is 0 Å². The van der Waals surface area contributed by atoms with Gasteiger partial charge < -0.3 is 4.74 Å². The zero-order valence-electron chi connectivity index (χ0n) is 10.5. The van der Waals surface area contributed by atoms with Gasteiger partial charge in [-0.05, 0) is 25.8 Å². The summed E-state index contributed by atoms with van der Waals surface area (Å²) in [7, 11) is 0. The standard InChI is InChI=1S/C14H20O2/c1-5-16-14(10(2)3)13(15)12-8-6-7-11(4)9-12/h6-10,14H,5H2,1-4H3. The maximum absolute atomic E-state index is 12.2. The molecule has 0 aromatic heterocycles. The van der Waals surface area contributed by atoms with Crippen LogP contribution in [0.15, 0.2) is 24.3 Å². The fourth-order valence-corrected chi connectivity index (χ4v) is 1.71. The molecule has 0 amide bonds. The first-order valence-corrected chi connectivity index (χ1v) is 5.78. The van der Waals surface area contributed by atoms with Crippen LogP contribution < -0.4 is 0 Å². The van der Waals surface area contributed by atoms with Crippen molar-refractivity contribution in [1.82, 2.24) is 0 Å². The number of carbonyl (C=O) groups is 1. The molecule has 1 unspecified atom stereocenters. The monoisotopic (exact) mass is 220 g/mol. The van der Waals surface area contributed by atoms with E-state index in [4.69, 9.17) is 4.74 Å². The molecule has 0 saturated carbocycles. The van der Waals surface area contributed by atoms with Crippen LogP contribution in [-0.4, -0.2) is 18.5 Å². The van der Waals surface area contributed by atoms with E-state index >= 15 is 0 Å². The smallest absolute Gasteiger partial charge is 0.191 e. The predicted octanol–water partition coefficient (Wildman–Crippen LogP) is 3.24. The van der Waals surface area contributed by atoms with Gasteiger partial charge in [0.25, 0.3) is 0 Å². The number of hydrogen-bond acceptors (Lipinski definition) is 2. The largest absolute Gasteiger partial charge is 0.370 e. The third-order valence-corrected chi connectivity index (χ3v) is 2.51. The molecule has 1 atom stereocenters. The van der Waals surface area contributed by atoms with E-state index in [0.717, 1.165) is 11.1 Å². The number of benzene rings is 1. The van der Waals surface area contributed by atoms with E-state index in [9.17, 15) is 4.79 Å². The van der Waals surface area contributed by atoms with E-state index in [1.165, 1.54) is 0 Å². The normalized spacial score (nSPS) is 12.8. The van der Waals surface area contributed by atoms with E-state index in [0.29, 0.717) is 6.61 Å². The molecule has 0 aliphatic rings. The van der Waals surface area contributed by atoms with Crippen LogP contribution in [0.5, 0.6) is 0 Å². The minimum atomic E-state index is -0.327. The molecule has 0 N–H and O–H groups in total. The van der Waals surface area contributed by atoms with Crippen molar-refractivity contribution < 1.29 is 9.53 Å². The highest BCUT2D eigenvalue weighted by Crippen LogP contribution is 2.15. The van der Waals surface area contributed by atoms with Gasteiger partial charge in [-0.1, -0.05) is 37.6 Å². The highest BCUT2D eigenvalue weighted by atomic mass is 16.5. The number of carbonyl (C=O) groups excluding carboxylic acids is 1. The van der Waals surface area contributed by atoms with Crippen molar-refractivity contribution in [3.05, 3.63) is 35.4 Å². The van der Waals surface area contributed by atoms with Crippen molar-refractivity contribution in [1.29, 1.82) is 0 Å². The average molecular weight is 220 g/mol. The molecule has 2 heteroatoms. The topological polar surface area (TPSA) is 26.3 Å². The van der Waals surface area contributed by atoms with E-state index < -0.39 is 0 Å². The van der Waals surface area contributed by atoms with Crippen molar-refractivity contribution in [2.75, 3.05) is 6.61 Å². The minimum Gasteiger partial charge on any atom is -0.370 e. The summed E-state index contributed by atoms with van der Waals surface area (Å²) in [4.78, 5) is 12.2. The molecule has 0 aliphatic heterocycles. The van der Waals surface area contributed by atoms with Gasteiger partial charge in [0, 0.05) is 12.2 Å². The molecule has 1 aromatic rings. The highest BCUT2D eigenvalue weighted by Gasteiger charge is 2.23. The average Bonchev–Trinajstić information content (AvgIpc) is 2.24. The molecule has 0 heterocycles. The third-order valence-electron chi connectivity index (χ3n) is 2.51. The number of ketones is 1. The van der Waals surface area contributed by atoms with Crippen molar-refractivity contribution >= 4 is 5.78 Å². The van der Waals surface area contributed by atoms with E-state index in [1.54, 1.807) is 0 Å². The van der Waals surface area contributed by atoms with Crippen LogP contribution >= 0.6 is 0 Å². The van der Waals surface area contributed by atoms with E-state index in [-0.39, 0.29) is 17.8 Å². The number of ether oxygens (including phenoxy) is 1. The molecule has 1 aromatic carbocycles. The maximum Gasteiger partial charge on any atom is 0.191 e. The summed E-state index contributed by atoms with van der Waals surface area (Å²) in [6.07, 6.45) is -0.327. The van der Waals surface area contributed by atoms with Crippen molar-refractivity contribution in [2.24, 2.45) is 5.92 Å². The number of hydrogen-bond donors (Lipinski definition) is 0. The van der Waals surface area contributed by atoms with Gasteiger partial charge in [0.15, 0.2) is 5.78 Å². The quantitative estimate of drug-likeness (QED) is 0.712. The molecule has 16 heavy (non-hydrogen) atoms. The summed E-state index contributed by atoms with van der Waals surface area (Å²) in [6.45, 7) is 8.49. The Morgan fingerprint density at radius 1 is 1.38 bits per heavy atom. The first-order chi connectivity index (χ1) is 7.56. The molecule has 0 radical (unpaired) electrons. The Morgan fingerprint density at radius 3 is 2.56 bits per heavy atom. The molecule has 2 nitrogen and oxygen atoms in total. The van der Waals surface area contributed by atoms with E-state index in [2.05, 4.69) is 0 Å². The van der Waals surface area contributed by atoms with Gasteiger partial charge >= 0.3 is 0 Å². The fraction of sp³-hybridized carbons (Fsp3) is 0.500. The van der Waals surface area contributed by atoms with Gasteiger partial charge in [-0.25, -0.2) is 0 Å². The fourth-order valence-electron chi connectivity index (χ4n) is 1.71. The van der Waals surface area contributed by atoms with E-state index in [1.807, 2.05) is 52.0 Å². The van der Waals surface area contributed by atoms with Crippen LogP contribution in [0.2, 0.25) is 0 Å². The van der Waals surface area contributed by atoms with Gasteiger partial charge in [0.05, 0.1) is 0 Å². The highest BCUT2D eigenvalue weighted by molar-refractivity contribution is 5.99. The van der Waals surface area contributed by atoms with Crippen LogP contribution in [0.1, 0.15) is 36.7 Å². The summed E-state index contributed by atoms with van der Waals surface area (Å²) >= 11 is 0. The number of aryl methyl sites for hydroxylation is 1. The third kappa shape index (κ3) is 3.17. The molecule has 1 rings (SSSR count). The number of Topliss-reactive ketones (excluding diaryl/α,β-unsaturated/α-hetero) is 1. The Bertz CT molecular complexity index is 356. The summed E-state index contributed by atoms with van der Waals surface area (Å²) in [5.74, 6) is 0.286. The lowest BCUT2D eigenvalue weighted by Gasteiger charge is -2.19. The maximum atomic E-state index is 12.2. The molecule has 0 aliphatic carbocycles. The lowest BCUT2D eigenvalue weighted by molar-refractivity contribution is 0.0279. The van der Waals surface area contributed by atoms with Gasteiger partial charge in [-0.15, -0.1) is 0 Å². The molecule has 0 bridgehead atoms.